The van der Waals surface area contributed by atoms with Crippen LogP contribution < -0.4 is 15.0 Å². The van der Waals surface area contributed by atoms with Crippen molar-refractivity contribution >= 4 is 17.5 Å². The van der Waals surface area contributed by atoms with Crippen molar-refractivity contribution in [3.05, 3.63) is 60.2 Å². The molecule has 124 valence electrons. The number of hydrogen-bond acceptors (Lipinski definition) is 3. The summed E-state index contributed by atoms with van der Waals surface area (Å²) in [5.41, 5.74) is 1.77. The van der Waals surface area contributed by atoms with Crippen LogP contribution in [0.4, 0.5) is 5.69 Å². The lowest BCUT2D eigenvalue weighted by molar-refractivity contribution is -0.122. The van der Waals surface area contributed by atoms with Crippen LogP contribution >= 0.6 is 0 Å². The Morgan fingerprint density at radius 1 is 1.17 bits per heavy atom. The normalized spacial score (nSPS) is 14.5. The van der Waals surface area contributed by atoms with E-state index in [1.165, 1.54) is 0 Å². The van der Waals surface area contributed by atoms with Gasteiger partial charge in [0.2, 0.25) is 5.91 Å². The molecule has 24 heavy (non-hydrogen) atoms. The molecule has 5 heteroatoms. The van der Waals surface area contributed by atoms with Crippen molar-refractivity contribution in [1.82, 2.24) is 5.32 Å². The SMILES string of the molecule is C[C@H](NC(=O)CCN1C(=O)COc2ccccc21)c1ccccc1. The molecule has 2 aromatic rings. The lowest BCUT2D eigenvalue weighted by Crippen LogP contribution is -2.41. The lowest BCUT2D eigenvalue weighted by Gasteiger charge is -2.29. The zero-order chi connectivity index (χ0) is 16.9. The number of para-hydroxylation sites is 2. The number of carbonyl (C=O) groups is 2. The third-order valence-corrected chi connectivity index (χ3v) is 4.05. The van der Waals surface area contributed by atoms with E-state index in [2.05, 4.69) is 5.32 Å². The first-order valence-corrected chi connectivity index (χ1v) is 8.01. The van der Waals surface area contributed by atoms with E-state index >= 15 is 0 Å². The maximum atomic E-state index is 12.2. The van der Waals surface area contributed by atoms with Crippen molar-refractivity contribution < 1.29 is 14.3 Å². The third kappa shape index (κ3) is 3.56. The molecule has 0 bridgehead atoms. The van der Waals surface area contributed by atoms with Gasteiger partial charge in [-0.05, 0) is 24.6 Å². The molecular weight excluding hydrogens is 304 g/mol. The summed E-state index contributed by atoms with van der Waals surface area (Å²) in [4.78, 5) is 25.9. The number of nitrogens with zero attached hydrogens (tertiary/aromatic N) is 1. The average Bonchev–Trinajstić information content (AvgIpc) is 2.61. The van der Waals surface area contributed by atoms with Crippen LogP contribution in [0.25, 0.3) is 0 Å². The number of ether oxygens (including phenoxy) is 1. The Hall–Kier alpha value is -2.82. The van der Waals surface area contributed by atoms with Crippen LogP contribution in [0.2, 0.25) is 0 Å². The monoisotopic (exact) mass is 324 g/mol. The summed E-state index contributed by atoms with van der Waals surface area (Å²) in [5, 5.41) is 2.97. The predicted molar refractivity (Wildman–Crippen MR) is 91.9 cm³/mol. The molecule has 0 saturated carbocycles. The zero-order valence-electron chi connectivity index (χ0n) is 13.6. The fourth-order valence-electron chi connectivity index (χ4n) is 2.75. The Morgan fingerprint density at radius 2 is 1.88 bits per heavy atom. The summed E-state index contributed by atoms with van der Waals surface area (Å²) in [6, 6.07) is 17.1. The molecule has 0 aromatic heterocycles. The molecule has 0 radical (unpaired) electrons. The van der Waals surface area contributed by atoms with Crippen LogP contribution in [0.5, 0.6) is 5.75 Å². The minimum absolute atomic E-state index is 0.0129. The second kappa shape index (κ2) is 7.17. The highest BCUT2D eigenvalue weighted by Gasteiger charge is 2.25. The van der Waals surface area contributed by atoms with Crippen LogP contribution in [0.1, 0.15) is 24.9 Å². The average molecular weight is 324 g/mol. The first kappa shape index (κ1) is 16.1. The van der Waals surface area contributed by atoms with Gasteiger partial charge in [-0.25, -0.2) is 0 Å². The van der Waals surface area contributed by atoms with Crippen LogP contribution in [0.3, 0.4) is 0 Å². The molecule has 0 saturated heterocycles. The smallest absolute Gasteiger partial charge is 0.265 e. The lowest BCUT2D eigenvalue weighted by atomic mass is 10.1. The van der Waals surface area contributed by atoms with Crippen molar-refractivity contribution in [3.8, 4) is 5.75 Å². The highest BCUT2D eigenvalue weighted by atomic mass is 16.5. The molecule has 0 spiro atoms. The van der Waals surface area contributed by atoms with Crippen molar-refractivity contribution in [3.63, 3.8) is 0 Å². The summed E-state index contributed by atoms with van der Waals surface area (Å²) < 4.78 is 5.40. The number of anilines is 1. The van der Waals surface area contributed by atoms with Crippen molar-refractivity contribution in [2.24, 2.45) is 0 Å². The number of benzene rings is 2. The van der Waals surface area contributed by atoms with E-state index in [1.807, 2.05) is 61.5 Å². The Balaban J connectivity index is 1.59. The van der Waals surface area contributed by atoms with Crippen molar-refractivity contribution in [1.29, 1.82) is 0 Å². The van der Waals surface area contributed by atoms with Crippen LogP contribution in [-0.4, -0.2) is 25.0 Å². The number of carbonyl (C=O) groups excluding carboxylic acids is 2. The van der Waals surface area contributed by atoms with Gasteiger partial charge in [0.05, 0.1) is 11.7 Å². The van der Waals surface area contributed by atoms with Crippen molar-refractivity contribution in [2.75, 3.05) is 18.1 Å². The number of rotatable bonds is 5. The van der Waals surface area contributed by atoms with Gasteiger partial charge in [0.1, 0.15) is 5.75 Å². The number of amides is 2. The predicted octanol–water partition coefficient (Wildman–Crippen LogP) is 2.68. The van der Waals surface area contributed by atoms with E-state index in [0.717, 1.165) is 11.3 Å². The standard InChI is InChI=1S/C19H20N2O3/c1-14(15-7-3-2-4-8-15)20-18(22)11-12-21-16-9-5-6-10-17(16)24-13-19(21)23/h2-10,14H,11-13H2,1H3,(H,20,22)/t14-/m0/s1. The molecule has 5 nitrogen and oxygen atoms in total. The number of fused-ring (bicyclic) bond motifs is 1. The van der Waals surface area contributed by atoms with Crippen LogP contribution in [0, 0.1) is 0 Å². The number of hydrogen-bond donors (Lipinski definition) is 1. The van der Waals surface area contributed by atoms with Gasteiger partial charge in [-0.3, -0.25) is 9.59 Å². The molecule has 2 aromatic carbocycles. The highest BCUT2D eigenvalue weighted by Crippen LogP contribution is 2.31. The minimum atomic E-state index is -0.127. The molecule has 1 N–H and O–H groups in total. The first-order chi connectivity index (χ1) is 11.6. The molecule has 1 aliphatic rings. The molecule has 0 unspecified atom stereocenters. The van der Waals surface area contributed by atoms with Gasteiger partial charge in [0.15, 0.2) is 6.61 Å². The van der Waals surface area contributed by atoms with Gasteiger partial charge < -0.3 is 15.0 Å². The molecule has 0 aliphatic carbocycles. The van der Waals surface area contributed by atoms with Crippen molar-refractivity contribution in [2.45, 2.75) is 19.4 Å². The van der Waals surface area contributed by atoms with Gasteiger partial charge in [-0.15, -0.1) is 0 Å². The van der Waals surface area contributed by atoms with Crippen LogP contribution in [-0.2, 0) is 9.59 Å². The van der Waals surface area contributed by atoms with E-state index in [4.69, 9.17) is 4.74 Å². The zero-order valence-corrected chi connectivity index (χ0v) is 13.6. The Morgan fingerprint density at radius 3 is 2.67 bits per heavy atom. The summed E-state index contributed by atoms with van der Waals surface area (Å²) in [5.74, 6) is 0.468. The molecule has 0 fully saturated rings. The van der Waals surface area contributed by atoms with Crippen LogP contribution in [0.15, 0.2) is 54.6 Å². The number of nitrogens with one attached hydrogen (secondary N) is 1. The van der Waals surface area contributed by atoms with E-state index in [0.29, 0.717) is 12.3 Å². The fourth-order valence-corrected chi connectivity index (χ4v) is 2.75. The molecule has 1 atom stereocenters. The van der Waals surface area contributed by atoms with Gasteiger partial charge >= 0.3 is 0 Å². The second-order valence-corrected chi connectivity index (χ2v) is 5.75. The van der Waals surface area contributed by atoms with Gasteiger partial charge in [-0.1, -0.05) is 42.5 Å². The van der Waals surface area contributed by atoms with E-state index < -0.39 is 0 Å². The maximum absolute atomic E-state index is 12.2. The van der Waals surface area contributed by atoms with Gasteiger partial charge in [0.25, 0.3) is 5.91 Å². The fraction of sp³-hybridized carbons (Fsp3) is 0.263. The third-order valence-electron chi connectivity index (χ3n) is 4.05. The Bertz CT molecular complexity index is 730. The Kier molecular flexibility index (Phi) is 4.79. The summed E-state index contributed by atoms with van der Waals surface area (Å²) in [7, 11) is 0. The minimum Gasteiger partial charge on any atom is -0.482 e. The molecular formula is C19H20N2O3. The molecule has 2 amide bonds. The summed E-state index contributed by atoms with van der Waals surface area (Å²) in [6.07, 6.45) is 0.247. The topological polar surface area (TPSA) is 58.6 Å². The largest absolute Gasteiger partial charge is 0.482 e. The summed E-state index contributed by atoms with van der Waals surface area (Å²) in [6.45, 7) is 2.30. The Labute approximate surface area is 141 Å². The highest BCUT2D eigenvalue weighted by molar-refractivity contribution is 5.98. The van der Waals surface area contributed by atoms with Gasteiger partial charge in [-0.2, -0.15) is 0 Å². The summed E-state index contributed by atoms with van der Waals surface area (Å²) >= 11 is 0. The molecule has 1 aliphatic heterocycles. The van der Waals surface area contributed by atoms with Gasteiger partial charge in [0, 0.05) is 13.0 Å². The second-order valence-electron chi connectivity index (χ2n) is 5.75. The molecule has 1 heterocycles. The van der Waals surface area contributed by atoms with E-state index in [9.17, 15) is 9.59 Å². The first-order valence-electron chi connectivity index (χ1n) is 8.01. The van der Waals surface area contributed by atoms with E-state index in [1.54, 1.807) is 4.90 Å². The van der Waals surface area contributed by atoms with E-state index in [-0.39, 0.29) is 30.9 Å². The molecule has 3 rings (SSSR count). The quantitative estimate of drug-likeness (QED) is 0.920. The maximum Gasteiger partial charge on any atom is 0.265 e.